The number of hydrogen-bond donors (Lipinski definition) is 1. The Hall–Kier alpha value is -1.11. The second kappa shape index (κ2) is 5.59. The molecule has 1 N–H and O–H groups in total. The maximum Gasteiger partial charge on any atom is 0.242 e. The summed E-state index contributed by atoms with van der Waals surface area (Å²) in [4.78, 5) is 0.306. The largest absolute Gasteiger partial charge is 0.382 e. The van der Waals surface area contributed by atoms with Crippen LogP contribution in [0.3, 0.4) is 0 Å². The van der Waals surface area contributed by atoms with Gasteiger partial charge in [-0.3, -0.25) is 0 Å². The molecule has 2 rings (SSSR count). The van der Waals surface area contributed by atoms with E-state index in [1.807, 2.05) is 12.1 Å². The van der Waals surface area contributed by atoms with Gasteiger partial charge in [0, 0.05) is 38.3 Å². The van der Waals surface area contributed by atoms with Crippen LogP contribution in [0.4, 0.5) is 5.69 Å². The van der Waals surface area contributed by atoms with Crippen LogP contribution in [-0.4, -0.2) is 46.1 Å². The molecule has 6 heteroatoms. The van der Waals surface area contributed by atoms with Crippen molar-refractivity contribution in [3.05, 3.63) is 24.3 Å². The van der Waals surface area contributed by atoms with Crippen molar-refractivity contribution in [2.24, 2.45) is 5.41 Å². The third kappa shape index (κ3) is 2.93. The van der Waals surface area contributed by atoms with Crippen molar-refractivity contribution in [3.63, 3.8) is 0 Å². The molecule has 0 radical (unpaired) electrons. The molecule has 2 unspecified atom stereocenters. The van der Waals surface area contributed by atoms with Crippen molar-refractivity contribution in [2.45, 2.75) is 37.3 Å². The van der Waals surface area contributed by atoms with Gasteiger partial charge in [0.1, 0.15) is 0 Å². The molecule has 1 aromatic carbocycles. The summed E-state index contributed by atoms with van der Waals surface area (Å²) in [6.07, 6.45) is 1.23. The Kier molecular flexibility index (Phi) is 4.33. The second-order valence-electron chi connectivity index (χ2n) is 6.29. The summed E-state index contributed by atoms with van der Waals surface area (Å²) in [5.41, 5.74) is 1.00. The number of anilines is 1. The first kappa shape index (κ1) is 16.3. The number of benzene rings is 1. The first-order valence-electron chi connectivity index (χ1n) is 7.01. The van der Waals surface area contributed by atoms with E-state index < -0.39 is 10.0 Å². The van der Waals surface area contributed by atoms with Gasteiger partial charge in [0.15, 0.2) is 0 Å². The van der Waals surface area contributed by atoms with Crippen LogP contribution in [0.25, 0.3) is 0 Å². The average molecular weight is 312 g/mol. The molecular weight excluding hydrogens is 288 g/mol. The lowest BCUT2D eigenvalue weighted by Crippen LogP contribution is -2.57. The molecule has 0 amide bonds. The number of methoxy groups -OCH3 is 1. The molecule has 2 atom stereocenters. The Balaban J connectivity index is 2.08. The third-order valence-electron chi connectivity index (χ3n) is 4.44. The van der Waals surface area contributed by atoms with Crippen LogP contribution in [0.5, 0.6) is 0 Å². The predicted molar refractivity (Wildman–Crippen MR) is 83.9 cm³/mol. The van der Waals surface area contributed by atoms with Gasteiger partial charge >= 0.3 is 0 Å². The lowest BCUT2D eigenvalue weighted by Gasteiger charge is -2.51. The highest BCUT2D eigenvalue weighted by molar-refractivity contribution is 7.89. The predicted octanol–water partition coefficient (Wildman–Crippen LogP) is 2.16. The molecular formula is C15H24N2O3S. The fourth-order valence-electron chi connectivity index (χ4n) is 2.67. The van der Waals surface area contributed by atoms with E-state index in [-0.39, 0.29) is 11.5 Å². The van der Waals surface area contributed by atoms with Gasteiger partial charge in [-0.1, -0.05) is 13.8 Å². The van der Waals surface area contributed by atoms with Crippen LogP contribution in [0.15, 0.2) is 29.2 Å². The molecule has 1 aliphatic carbocycles. The van der Waals surface area contributed by atoms with E-state index in [4.69, 9.17) is 4.74 Å². The van der Waals surface area contributed by atoms with Gasteiger partial charge in [0.25, 0.3) is 0 Å². The van der Waals surface area contributed by atoms with Gasteiger partial charge in [0.2, 0.25) is 10.0 Å². The zero-order chi connectivity index (χ0) is 15.8. The summed E-state index contributed by atoms with van der Waals surface area (Å²) in [7, 11) is 1.44. The molecule has 5 nitrogen and oxygen atoms in total. The first-order valence-corrected chi connectivity index (χ1v) is 8.45. The molecule has 1 fully saturated rings. The second-order valence-corrected chi connectivity index (χ2v) is 8.44. The van der Waals surface area contributed by atoms with E-state index in [0.29, 0.717) is 10.9 Å². The SMILES string of the molecule is COC1CC(Nc2ccc(S(=O)(=O)N(C)C)cc2)C1(C)C. The van der Waals surface area contributed by atoms with E-state index in [9.17, 15) is 8.42 Å². The van der Waals surface area contributed by atoms with Crippen molar-refractivity contribution in [1.29, 1.82) is 0 Å². The molecule has 1 saturated carbocycles. The summed E-state index contributed by atoms with van der Waals surface area (Å²) in [5.74, 6) is 0. The van der Waals surface area contributed by atoms with Crippen molar-refractivity contribution in [1.82, 2.24) is 4.31 Å². The van der Waals surface area contributed by atoms with Crippen molar-refractivity contribution in [3.8, 4) is 0 Å². The number of hydrogen-bond acceptors (Lipinski definition) is 4. The lowest BCUT2D eigenvalue weighted by molar-refractivity contribution is -0.0794. The summed E-state index contributed by atoms with van der Waals surface area (Å²) in [5, 5.41) is 3.45. The Morgan fingerprint density at radius 2 is 1.81 bits per heavy atom. The third-order valence-corrected chi connectivity index (χ3v) is 6.27. The number of sulfonamides is 1. The fraction of sp³-hybridized carbons (Fsp3) is 0.600. The smallest absolute Gasteiger partial charge is 0.242 e. The van der Waals surface area contributed by atoms with E-state index in [1.54, 1.807) is 19.2 Å². The zero-order valence-electron chi connectivity index (χ0n) is 13.3. The molecule has 0 heterocycles. The van der Waals surface area contributed by atoms with Gasteiger partial charge in [-0.2, -0.15) is 0 Å². The molecule has 0 bridgehead atoms. The van der Waals surface area contributed by atoms with E-state index >= 15 is 0 Å². The van der Waals surface area contributed by atoms with E-state index in [0.717, 1.165) is 12.1 Å². The molecule has 0 aromatic heterocycles. The maximum atomic E-state index is 12.0. The van der Waals surface area contributed by atoms with Gasteiger partial charge in [-0.15, -0.1) is 0 Å². The molecule has 0 spiro atoms. The maximum absolute atomic E-state index is 12.0. The topological polar surface area (TPSA) is 58.6 Å². The minimum Gasteiger partial charge on any atom is -0.382 e. The van der Waals surface area contributed by atoms with Crippen LogP contribution >= 0.6 is 0 Å². The van der Waals surface area contributed by atoms with Gasteiger partial charge in [0.05, 0.1) is 11.0 Å². The Bertz CT molecular complexity index is 594. The zero-order valence-corrected chi connectivity index (χ0v) is 14.1. The Labute approximate surface area is 127 Å². The quantitative estimate of drug-likeness (QED) is 0.905. The minimum atomic E-state index is -3.36. The molecule has 0 aliphatic heterocycles. The molecule has 118 valence electrons. The van der Waals surface area contributed by atoms with Crippen LogP contribution in [-0.2, 0) is 14.8 Å². The Morgan fingerprint density at radius 1 is 1.24 bits per heavy atom. The van der Waals surface area contributed by atoms with Crippen molar-refractivity contribution < 1.29 is 13.2 Å². The molecule has 0 saturated heterocycles. The fourth-order valence-corrected chi connectivity index (χ4v) is 3.57. The highest BCUT2D eigenvalue weighted by Crippen LogP contribution is 2.44. The number of ether oxygens (including phenoxy) is 1. The van der Waals surface area contributed by atoms with Gasteiger partial charge < -0.3 is 10.1 Å². The standard InChI is InChI=1S/C15H24N2O3S/c1-15(2)13(10-14(15)20-5)16-11-6-8-12(9-7-11)21(18,19)17(3)4/h6-9,13-14,16H,10H2,1-5H3. The normalized spacial score (nSPS) is 24.7. The van der Waals surface area contributed by atoms with Crippen LogP contribution in [0, 0.1) is 5.41 Å². The molecule has 1 aromatic rings. The van der Waals surface area contributed by atoms with Gasteiger partial charge in [-0.05, 0) is 30.7 Å². The summed E-state index contributed by atoms with van der Waals surface area (Å²) < 4.78 is 30.7. The first-order chi connectivity index (χ1) is 9.69. The van der Waals surface area contributed by atoms with Crippen LogP contribution in [0.1, 0.15) is 20.3 Å². The van der Waals surface area contributed by atoms with Crippen molar-refractivity contribution in [2.75, 3.05) is 26.5 Å². The minimum absolute atomic E-state index is 0.0726. The lowest BCUT2D eigenvalue weighted by atomic mass is 9.64. The summed E-state index contributed by atoms with van der Waals surface area (Å²) in [6.45, 7) is 4.35. The summed E-state index contributed by atoms with van der Waals surface area (Å²) in [6, 6.07) is 7.23. The number of nitrogens with one attached hydrogen (secondary N) is 1. The summed E-state index contributed by atoms with van der Waals surface area (Å²) >= 11 is 0. The molecule has 1 aliphatic rings. The van der Waals surface area contributed by atoms with Crippen molar-refractivity contribution >= 4 is 15.7 Å². The van der Waals surface area contributed by atoms with Crippen LogP contribution in [0.2, 0.25) is 0 Å². The Morgan fingerprint density at radius 3 is 2.24 bits per heavy atom. The van der Waals surface area contributed by atoms with Crippen LogP contribution < -0.4 is 5.32 Å². The number of nitrogens with zero attached hydrogens (tertiary/aromatic N) is 1. The highest BCUT2D eigenvalue weighted by atomic mass is 32.2. The van der Waals surface area contributed by atoms with Gasteiger partial charge in [-0.25, -0.2) is 12.7 Å². The highest BCUT2D eigenvalue weighted by Gasteiger charge is 2.48. The van der Waals surface area contributed by atoms with E-state index in [2.05, 4.69) is 19.2 Å². The molecule has 21 heavy (non-hydrogen) atoms. The average Bonchev–Trinajstić information content (AvgIpc) is 2.43. The number of rotatable bonds is 5. The van der Waals surface area contributed by atoms with E-state index in [1.165, 1.54) is 18.4 Å². The monoisotopic (exact) mass is 312 g/mol.